The minimum Gasteiger partial charge on any atom is -0.378 e. The van der Waals surface area contributed by atoms with E-state index in [4.69, 9.17) is 5.64 Å². The number of hydrogen-bond acceptors (Lipinski definition) is 1. The van der Waals surface area contributed by atoms with Crippen molar-refractivity contribution >= 4 is 34.7 Å². The van der Waals surface area contributed by atoms with Crippen LogP contribution in [0.15, 0.2) is 0 Å². The Hall–Kier alpha value is 0.820. The highest BCUT2D eigenvalue weighted by Gasteiger charge is 1.69. The van der Waals surface area contributed by atoms with Gasteiger partial charge in [-0.15, -0.1) is 0 Å². The van der Waals surface area contributed by atoms with Crippen LogP contribution in [-0.4, -0.2) is 12.3 Å². The van der Waals surface area contributed by atoms with Crippen molar-refractivity contribution in [3.05, 3.63) is 0 Å². The van der Waals surface area contributed by atoms with Crippen molar-refractivity contribution in [2.24, 2.45) is 5.64 Å². The molecule has 0 aromatic rings. The van der Waals surface area contributed by atoms with Crippen LogP contribution in [0.5, 0.6) is 0 Å². The van der Waals surface area contributed by atoms with Gasteiger partial charge in [0.15, 0.2) is 12.3 Å². The molecule has 0 aliphatic carbocycles. The number of halogens is 1. The average Bonchev–Trinajstić information content (AvgIpc) is 1.37. The lowest BCUT2D eigenvalue weighted by Crippen LogP contribution is -2.07. The maximum absolute atomic E-state index is 5.02. The summed E-state index contributed by atoms with van der Waals surface area (Å²) in [6, 6.07) is 0. The molecule has 1 nitrogen and oxygen atoms in total. The topological polar surface area (TPSA) is 26.0 Å². The quantitative estimate of drug-likeness (QED) is 0.393. The van der Waals surface area contributed by atoms with E-state index < -0.39 is 0 Å². The zero-order chi connectivity index (χ0) is 3.41. The molecule has 0 aromatic carbocycles. The fourth-order valence-electron chi connectivity index (χ4n) is 0. The Morgan fingerprint density at radius 1 is 1.75 bits per heavy atom. The van der Waals surface area contributed by atoms with Crippen LogP contribution >= 0.6 is 22.4 Å². The van der Waals surface area contributed by atoms with E-state index in [0.717, 1.165) is 12.3 Å². The summed E-state index contributed by atoms with van der Waals surface area (Å²) in [5.41, 5.74) is 5.02. The Labute approximate surface area is 40.7 Å². The molecule has 0 aliphatic heterocycles. The van der Waals surface area contributed by atoms with Crippen LogP contribution in [-0.2, 0) is 0 Å². The van der Waals surface area contributed by atoms with Gasteiger partial charge < -0.3 is 5.64 Å². The predicted molar refractivity (Wildman–Crippen MR) is 32.5 cm³/mol. The van der Waals surface area contributed by atoms with Gasteiger partial charge in [0.1, 0.15) is 0 Å². The zero-order valence-electron chi connectivity index (χ0n) is 2.37. The van der Waals surface area contributed by atoms with Crippen molar-refractivity contribution in [1.82, 2.24) is 0 Å². The number of hydrogen-bond donors (Lipinski definition) is 1. The van der Waals surface area contributed by atoms with E-state index in [1.54, 1.807) is 0 Å². The summed E-state index contributed by atoms with van der Waals surface area (Å²) in [4.78, 5) is 0. The molecular formula is H4B2IN. The highest BCUT2D eigenvalue weighted by Crippen LogP contribution is 1.61. The minimum absolute atomic E-state index is 0.806. The first kappa shape index (κ1) is 4.82. The van der Waals surface area contributed by atoms with Gasteiger partial charge >= 0.3 is 0 Å². The van der Waals surface area contributed by atoms with Gasteiger partial charge in [-0.25, -0.2) is 0 Å². The predicted octanol–water partition coefficient (Wildman–Crippen LogP) is -1.00. The Morgan fingerprint density at radius 3 is 2.00 bits per heavy atom. The third-order valence-corrected chi connectivity index (χ3v) is 0.732. The molecule has 2 N–H and O–H groups in total. The van der Waals surface area contributed by atoms with Crippen molar-refractivity contribution in [2.75, 3.05) is 0 Å². The first-order valence-corrected chi connectivity index (χ1v) is 2.70. The largest absolute Gasteiger partial charge is 0.378 e. The van der Waals surface area contributed by atoms with Gasteiger partial charge in [-0.05, 0) is 0 Å². The van der Waals surface area contributed by atoms with Crippen LogP contribution < -0.4 is 5.64 Å². The van der Waals surface area contributed by atoms with E-state index in [0.29, 0.717) is 0 Å². The maximum atomic E-state index is 5.02. The molecule has 0 aromatic heterocycles. The molecule has 4 heteroatoms. The molecule has 0 amide bonds. The summed E-state index contributed by atoms with van der Waals surface area (Å²) in [5.74, 6) is 0. The van der Waals surface area contributed by atoms with Crippen molar-refractivity contribution in [2.45, 2.75) is 0 Å². The van der Waals surface area contributed by atoms with Gasteiger partial charge in [-0.3, -0.25) is 0 Å². The molecule has 4 heavy (non-hydrogen) atoms. The highest BCUT2D eigenvalue weighted by atomic mass is 127. The second kappa shape index (κ2) is 3.82. The average molecular weight is 167 g/mol. The molecule has 0 saturated heterocycles. The number of rotatable bonds is 1. The Balaban J connectivity index is 1.97. The van der Waals surface area contributed by atoms with E-state index in [2.05, 4.69) is 22.4 Å². The first-order valence-electron chi connectivity index (χ1n) is 1.18. The van der Waals surface area contributed by atoms with Gasteiger partial charge in [0.2, 0.25) is 0 Å². The fourth-order valence-corrected chi connectivity index (χ4v) is 0. The van der Waals surface area contributed by atoms with Crippen molar-refractivity contribution in [1.29, 1.82) is 0 Å². The van der Waals surface area contributed by atoms with E-state index in [-0.39, 0.29) is 0 Å². The lowest BCUT2D eigenvalue weighted by Gasteiger charge is -1.59. The zero-order valence-corrected chi connectivity index (χ0v) is 4.53. The van der Waals surface area contributed by atoms with Gasteiger partial charge in [-0.2, -0.15) is 22.4 Å². The molecule has 0 atom stereocenters. The van der Waals surface area contributed by atoms with Crippen LogP contribution in [0.4, 0.5) is 0 Å². The molecule has 0 unspecified atom stereocenters. The molecular weight excluding hydrogens is 163 g/mol. The molecule has 0 spiro atoms. The smallest absolute Gasteiger partial charge is 0.184 e. The lowest BCUT2D eigenvalue weighted by molar-refractivity contribution is 1.98. The molecule has 0 rings (SSSR count). The number of nitrogens with two attached hydrogens (primary N) is 1. The van der Waals surface area contributed by atoms with Gasteiger partial charge in [0.25, 0.3) is 0 Å². The third-order valence-electron chi connectivity index (χ3n) is 0.109. The second-order valence-corrected chi connectivity index (χ2v) is 1.56. The second-order valence-electron chi connectivity index (χ2n) is 0.478. The molecule has 0 fully saturated rings. The Bertz CT molecular complexity index is 8.00. The van der Waals surface area contributed by atoms with Crippen molar-refractivity contribution in [3.8, 4) is 0 Å². The summed E-state index contributed by atoms with van der Waals surface area (Å²) in [5, 5.41) is 1.07. The molecule has 0 aliphatic rings. The maximum Gasteiger partial charge on any atom is 0.184 e. The standard InChI is InChI=1S/B2H4IN/c3-1-2-4/h1-2H,4H2. The van der Waals surface area contributed by atoms with Gasteiger partial charge in [0.05, 0.1) is 0 Å². The highest BCUT2D eigenvalue weighted by molar-refractivity contribution is 14.1. The first-order chi connectivity index (χ1) is 1.91. The summed E-state index contributed by atoms with van der Waals surface area (Å²) >= 11 is 2.23. The molecule has 0 bridgehead atoms. The van der Waals surface area contributed by atoms with E-state index in [1.165, 1.54) is 0 Å². The summed E-state index contributed by atoms with van der Waals surface area (Å²) in [6.45, 7) is 0. The third kappa shape index (κ3) is 2.82. The van der Waals surface area contributed by atoms with E-state index in [9.17, 15) is 0 Å². The van der Waals surface area contributed by atoms with Crippen LogP contribution in [0.2, 0.25) is 0 Å². The normalized spacial score (nSPS) is 5.50. The van der Waals surface area contributed by atoms with Crippen LogP contribution in [0, 0.1) is 0 Å². The van der Waals surface area contributed by atoms with Gasteiger partial charge in [0, 0.05) is 0 Å². The SMILES string of the molecule is NBBI. The summed E-state index contributed by atoms with van der Waals surface area (Å²) in [7, 11) is 0.806. The van der Waals surface area contributed by atoms with Crippen LogP contribution in [0.3, 0.4) is 0 Å². The van der Waals surface area contributed by atoms with E-state index in [1.807, 2.05) is 0 Å². The van der Waals surface area contributed by atoms with Crippen molar-refractivity contribution < 1.29 is 0 Å². The molecule has 0 radical (unpaired) electrons. The van der Waals surface area contributed by atoms with Crippen LogP contribution in [0.1, 0.15) is 0 Å². The summed E-state index contributed by atoms with van der Waals surface area (Å²) < 4.78 is 0. The lowest BCUT2D eigenvalue weighted by atomic mass is 9.69. The van der Waals surface area contributed by atoms with Crippen molar-refractivity contribution in [3.63, 3.8) is 0 Å². The summed E-state index contributed by atoms with van der Waals surface area (Å²) in [6.07, 6.45) is 0. The fraction of sp³-hybridized carbons (Fsp3) is 0. The van der Waals surface area contributed by atoms with E-state index >= 15 is 0 Å². The molecule has 0 saturated carbocycles. The van der Waals surface area contributed by atoms with Crippen LogP contribution in [0.25, 0.3) is 0 Å². The Morgan fingerprint density at radius 2 is 2.00 bits per heavy atom. The monoisotopic (exact) mass is 167 g/mol. The Kier molecular flexibility index (Phi) is 4.60. The minimum atomic E-state index is 0.806. The molecule has 0 heterocycles. The van der Waals surface area contributed by atoms with Gasteiger partial charge in [-0.1, -0.05) is 0 Å². The molecule has 22 valence electrons.